The highest BCUT2D eigenvalue weighted by molar-refractivity contribution is 5.88. The maximum Gasteiger partial charge on any atom is 0.331 e. The van der Waals surface area contributed by atoms with E-state index in [0.717, 1.165) is 5.56 Å². The summed E-state index contributed by atoms with van der Waals surface area (Å²) in [5.74, 6) is 0.667. The maximum absolute atomic E-state index is 11.7. The molecule has 7 nitrogen and oxygen atoms in total. The van der Waals surface area contributed by atoms with Crippen LogP contribution in [-0.4, -0.2) is 32.7 Å². The predicted octanol–water partition coefficient (Wildman–Crippen LogP) is 2.17. The van der Waals surface area contributed by atoms with Crippen LogP contribution in [0, 0.1) is 0 Å². The first-order valence-electron chi connectivity index (χ1n) is 7.48. The van der Waals surface area contributed by atoms with E-state index in [0.29, 0.717) is 17.3 Å². The van der Waals surface area contributed by atoms with E-state index in [-0.39, 0.29) is 13.2 Å². The summed E-state index contributed by atoms with van der Waals surface area (Å²) in [7, 11) is 3.09. The number of esters is 1. The smallest absolute Gasteiger partial charge is 0.331 e. The summed E-state index contributed by atoms with van der Waals surface area (Å²) >= 11 is 0. The molecule has 0 saturated carbocycles. The molecule has 25 heavy (non-hydrogen) atoms. The molecule has 0 unspecified atom stereocenters. The molecule has 0 bridgehead atoms. The van der Waals surface area contributed by atoms with E-state index in [4.69, 9.17) is 18.6 Å². The Balaban J connectivity index is 1.76. The van der Waals surface area contributed by atoms with Crippen LogP contribution in [0.2, 0.25) is 0 Å². The Morgan fingerprint density at radius 2 is 1.96 bits per heavy atom. The van der Waals surface area contributed by atoms with Crippen LogP contribution in [-0.2, 0) is 20.9 Å². The highest BCUT2D eigenvalue weighted by atomic mass is 16.5. The largest absolute Gasteiger partial charge is 0.493 e. The van der Waals surface area contributed by atoms with Crippen molar-refractivity contribution in [2.45, 2.75) is 6.54 Å². The topological polar surface area (TPSA) is 87.0 Å². The molecule has 0 radical (unpaired) electrons. The zero-order chi connectivity index (χ0) is 18.1. The number of ether oxygens (including phenoxy) is 3. The second-order valence-electron chi connectivity index (χ2n) is 4.92. The molecule has 0 aliphatic carbocycles. The van der Waals surface area contributed by atoms with Gasteiger partial charge in [0.05, 0.1) is 20.5 Å². The molecule has 7 heteroatoms. The molecule has 1 N–H and O–H groups in total. The number of carbonyl (C=O) groups is 2. The fourth-order valence-corrected chi connectivity index (χ4v) is 1.96. The lowest BCUT2D eigenvalue weighted by Gasteiger charge is -2.10. The van der Waals surface area contributed by atoms with Crippen molar-refractivity contribution in [2.75, 3.05) is 20.8 Å². The van der Waals surface area contributed by atoms with Gasteiger partial charge in [-0.2, -0.15) is 0 Å². The van der Waals surface area contributed by atoms with Crippen LogP contribution in [0.15, 0.2) is 47.1 Å². The van der Waals surface area contributed by atoms with Crippen molar-refractivity contribution in [3.05, 3.63) is 54.0 Å². The van der Waals surface area contributed by atoms with Gasteiger partial charge >= 0.3 is 5.97 Å². The lowest BCUT2D eigenvalue weighted by atomic mass is 10.2. The number of rotatable bonds is 8. The third-order valence-electron chi connectivity index (χ3n) is 3.21. The van der Waals surface area contributed by atoms with Crippen molar-refractivity contribution in [3.8, 4) is 11.5 Å². The number of nitrogens with one attached hydrogen (secondary N) is 1. The molecule has 0 aliphatic heterocycles. The normalized spacial score (nSPS) is 10.5. The van der Waals surface area contributed by atoms with Crippen LogP contribution < -0.4 is 14.8 Å². The van der Waals surface area contributed by atoms with Gasteiger partial charge in [0.2, 0.25) is 0 Å². The first kappa shape index (κ1) is 18.1. The minimum absolute atomic E-state index is 0.277. The zero-order valence-electron chi connectivity index (χ0n) is 14.0. The Morgan fingerprint density at radius 1 is 1.16 bits per heavy atom. The third kappa shape index (κ3) is 5.72. The van der Waals surface area contributed by atoms with E-state index >= 15 is 0 Å². The first-order valence-corrected chi connectivity index (χ1v) is 7.48. The monoisotopic (exact) mass is 345 g/mol. The van der Waals surface area contributed by atoms with Crippen LogP contribution in [0.4, 0.5) is 0 Å². The van der Waals surface area contributed by atoms with Crippen molar-refractivity contribution in [1.29, 1.82) is 0 Å². The molecule has 1 amide bonds. The van der Waals surface area contributed by atoms with Crippen LogP contribution in [0.5, 0.6) is 11.5 Å². The van der Waals surface area contributed by atoms with Gasteiger partial charge in [0, 0.05) is 12.6 Å². The molecule has 0 spiro atoms. The van der Waals surface area contributed by atoms with E-state index in [2.05, 4.69) is 5.32 Å². The second-order valence-corrected chi connectivity index (χ2v) is 4.92. The number of hydrogen-bond donors (Lipinski definition) is 1. The predicted molar refractivity (Wildman–Crippen MR) is 90.1 cm³/mol. The molecule has 1 aromatic heterocycles. The number of methoxy groups -OCH3 is 2. The summed E-state index contributed by atoms with van der Waals surface area (Å²) in [5, 5.41) is 2.66. The third-order valence-corrected chi connectivity index (χ3v) is 3.21. The van der Waals surface area contributed by atoms with E-state index < -0.39 is 11.9 Å². The highest BCUT2D eigenvalue weighted by Gasteiger charge is 2.08. The number of furan rings is 1. The van der Waals surface area contributed by atoms with Gasteiger partial charge in [0.15, 0.2) is 18.1 Å². The SMILES string of the molecule is COc1ccc(CNC(=O)COC(=O)/C=C/c2ccco2)cc1OC. The van der Waals surface area contributed by atoms with Crippen molar-refractivity contribution in [1.82, 2.24) is 5.32 Å². The Morgan fingerprint density at radius 3 is 2.64 bits per heavy atom. The summed E-state index contributed by atoms with van der Waals surface area (Å²) in [5.41, 5.74) is 0.829. The second kappa shape index (κ2) is 9.17. The van der Waals surface area contributed by atoms with Crippen LogP contribution in [0.25, 0.3) is 6.08 Å². The van der Waals surface area contributed by atoms with Crippen molar-refractivity contribution in [2.24, 2.45) is 0 Å². The van der Waals surface area contributed by atoms with Crippen LogP contribution in [0.1, 0.15) is 11.3 Å². The average molecular weight is 345 g/mol. The molecule has 2 aromatic rings. The number of hydrogen-bond acceptors (Lipinski definition) is 6. The number of amides is 1. The summed E-state index contributed by atoms with van der Waals surface area (Å²) in [6, 6.07) is 8.71. The molecule has 1 aromatic carbocycles. The van der Waals surface area contributed by atoms with E-state index in [1.165, 1.54) is 25.5 Å². The van der Waals surface area contributed by atoms with Crippen molar-refractivity contribution >= 4 is 18.0 Å². The fourth-order valence-electron chi connectivity index (χ4n) is 1.96. The number of carbonyl (C=O) groups excluding carboxylic acids is 2. The fraction of sp³-hybridized carbons (Fsp3) is 0.222. The van der Waals surface area contributed by atoms with Gasteiger partial charge < -0.3 is 23.9 Å². The van der Waals surface area contributed by atoms with Crippen molar-refractivity contribution in [3.63, 3.8) is 0 Å². The molecule has 0 aliphatic rings. The summed E-state index contributed by atoms with van der Waals surface area (Å²) in [6.45, 7) is -0.0897. The Kier molecular flexibility index (Phi) is 6.65. The Bertz CT molecular complexity index is 736. The molecule has 2 rings (SSSR count). The standard InChI is InChI=1S/C18H19NO6/c1-22-15-7-5-13(10-16(15)23-2)11-19-17(20)12-25-18(21)8-6-14-4-3-9-24-14/h3-10H,11-12H2,1-2H3,(H,19,20)/b8-6+. The quantitative estimate of drug-likeness (QED) is 0.583. The summed E-state index contributed by atoms with van der Waals surface area (Å²) in [4.78, 5) is 23.3. The zero-order valence-corrected chi connectivity index (χ0v) is 14.0. The van der Waals surface area contributed by atoms with Crippen LogP contribution >= 0.6 is 0 Å². The van der Waals surface area contributed by atoms with Gasteiger partial charge in [-0.15, -0.1) is 0 Å². The van der Waals surface area contributed by atoms with Gasteiger partial charge in [0.1, 0.15) is 5.76 Å². The maximum atomic E-state index is 11.7. The minimum Gasteiger partial charge on any atom is -0.493 e. The number of benzene rings is 1. The highest BCUT2D eigenvalue weighted by Crippen LogP contribution is 2.27. The lowest BCUT2D eigenvalue weighted by Crippen LogP contribution is -2.28. The van der Waals surface area contributed by atoms with E-state index in [9.17, 15) is 9.59 Å². The van der Waals surface area contributed by atoms with Crippen LogP contribution in [0.3, 0.4) is 0 Å². The Labute approximate surface area is 145 Å². The minimum atomic E-state index is -0.627. The average Bonchev–Trinajstić information content (AvgIpc) is 3.16. The summed E-state index contributed by atoms with van der Waals surface area (Å²) in [6.07, 6.45) is 4.15. The van der Waals surface area contributed by atoms with Gasteiger partial charge in [-0.05, 0) is 35.9 Å². The molecule has 1 heterocycles. The molecular weight excluding hydrogens is 326 g/mol. The molecule has 0 fully saturated rings. The van der Waals surface area contributed by atoms with Gasteiger partial charge in [-0.1, -0.05) is 6.07 Å². The molecule has 132 valence electrons. The summed E-state index contributed by atoms with van der Waals surface area (Å²) < 4.78 is 20.2. The van der Waals surface area contributed by atoms with Gasteiger partial charge in [0.25, 0.3) is 5.91 Å². The molecular formula is C18H19NO6. The van der Waals surface area contributed by atoms with E-state index in [1.54, 1.807) is 37.4 Å². The van der Waals surface area contributed by atoms with E-state index in [1.807, 2.05) is 0 Å². The Hall–Kier alpha value is -3.22. The molecule has 0 saturated heterocycles. The first-order chi connectivity index (χ1) is 12.1. The lowest BCUT2D eigenvalue weighted by molar-refractivity contribution is -0.143. The van der Waals surface area contributed by atoms with Gasteiger partial charge in [-0.3, -0.25) is 4.79 Å². The van der Waals surface area contributed by atoms with Crippen molar-refractivity contribution < 1.29 is 28.2 Å². The van der Waals surface area contributed by atoms with Gasteiger partial charge in [-0.25, -0.2) is 4.79 Å². The molecule has 0 atom stereocenters.